The van der Waals surface area contributed by atoms with Gasteiger partial charge in [0.05, 0.1) is 5.54 Å². The molecule has 1 aromatic heterocycles. The summed E-state index contributed by atoms with van der Waals surface area (Å²) in [5.74, 6) is 2.02. The molecule has 0 bridgehead atoms. The monoisotopic (exact) mass is 668 g/mol. The number of nitrogens with zero attached hydrogens (tertiary/aromatic N) is 3. The first-order valence-electron chi connectivity index (χ1n) is 18.1. The van der Waals surface area contributed by atoms with Crippen LogP contribution in [0.15, 0.2) is 146 Å². The van der Waals surface area contributed by atoms with E-state index in [-0.39, 0.29) is 5.54 Å². The number of allylic oxidation sites excluding steroid dienone is 7. The Morgan fingerprint density at radius 3 is 2.33 bits per heavy atom. The van der Waals surface area contributed by atoms with Crippen molar-refractivity contribution in [1.29, 1.82) is 0 Å². The predicted molar refractivity (Wildman–Crippen MR) is 217 cm³/mol. The maximum Gasteiger partial charge on any atom is 0.164 e. The smallest absolute Gasteiger partial charge is 0.164 e. The Balaban J connectivity index is 1.17. The van der Waals surface area contributed by atoms with Gasteiger partial charge in [0.1, 0.15) is 0 Å². The average molecular weight is 669 g/mol. The molecule has 248 valence electrons. The maximum absolute atomic E-state index is 5.34. The molecule has 4 aliphatic rings. The van der Waals surface area contributed by atoms with Crippen LogP contribution in [0.3, 0.4) is 0 Å². The van der Waals surface area contributed by atoms with Crippen LogP contribution in [0.4, 0.5) is 0 Å². The van der Waals surface area contributed by atoms with E-state index in [1.807, 2.05) is 0 Å². The minimum atomic E-state index is -0.183. The summed E-state index contributed by atoms with van der Waals surface area (Å²) < 4.78 is 0. The Morgan fingerprint density at radius 2 is 1.46 bits per heavy atom. The summed E-state index contributed by atoms with van der Waals surface area (Å²) in [7, 11) is 0. The van der Waals surface area contributed by atoms with Gasteiger partial charge in [0, 0.05) is 22.9 Å². The maximum atomic E-state index is 5.34. The molecule has 0 radical (unpaired) electrons. The molecule has 1 N–H and O–H groups in total. The number of benzene rings is 5. The van der Waals surface area contributed by atoms with Crippen molar-refractivity contribution in [2.24, 2.45) is 0 Å². The highest BCUT2D eigenvalue weighted by molar-refractivity contribution is 6.13. The molecule has 0 amide bonds. The van der Waals surface area contributed by atoms with E-state index in [0.29, 0.717) is 17.5 Å². The highest BCUT2D eigenvalue weighted by atomic mass is 15.0. The molecule has 1 unspecified atom stereocenters. The van der Waals surface area contributed by atoms with Crippen molar-refractivity contribution >= 4 is 44.8 Å². The van der Waals surface area contributed by atoms with Gasteiger partial charge in [-0.3, -0.25) is 0 Å². The molecule has 0 saturated heterocycles. The van der Waals surface area contributed by atoms with Crippen LogP contribution in [0, 0.1) is 0 Å². The van der Waals surface area contributed by atoms with E-state index in [1.54, 1.807) is 0 Å². The van der Waals surface area contributed by atoms with Gasteiger partial charge in [-0.2, -0.15) is 0 Å². The SMILES string of the molecule is C=C1CC=Cc2cc(-c3nc(-c4ccc(C5=CNC6(C)C=CC=CC6=C5)cc4)nc(-c4cc5ccccc5c5ccccc45)n3)c3c(c21)C=CCC3. The number of rotatable bonds is 4. The Morgan fingerprint density at radius 1 is 0.712 bits per heavy atom. The first kappa shape index (κ1) is 30.4. The predicted octanol–water partition coefficient (Wildman–Crippen LogP) is 11.3. The van der Waals surface area contributed by atoms with E-state index in [4.69, 9.17) is 15.0 Å². The van der Waals surface area contributed by atoms with Crippen LogP contribution in [0.2, 0.25) is 0 Å². The first-order valence-corrected chi connectivity index (χ1v) is 18.1. The zero-order valence-corrected chi connectivity index (χ0v) is 29.0. The molecule has 52 heavy (non-hydrogen) atoms. The molecule has 5 aromatic carbocycles. The van der Waals surface area contributed by atoms with Crippen LogP contribution in [0.5, 0.6) is 0 Å². The molecule has 0 spiro atoms. The topological polar surface area (TPSA) is 50.7 Å². The minimum absolute atomic E-state index is 0.183. The quantitative estimate of drug-likeness (QED) is 0.190. The molecule has 4 nitrogen and oxygen atoms in total. The van der Waals surface area contributed by atoms with E-state index in [1.165, 1.54) is 38.6 Å². The summed E-state index contributed by atoms with van der Waals surface area (Å²) in [6, 6.07) is 30.3. The zero-order chi connectivity index (χ0) is 34.8. The van der Waals surface area contributed by atoms with Gasteiger partial charge >= 0.3 is 0 Å². The second-order valence-corrected chi connectivity index (χ2v) is 14.3. The molecule has 6 aromatic rings. The number of hydrogen-bond donors (Lipinski definition) is 1. The fraction of sp³-hybridized carbons (Fsp3) is 0.104. The fourth-order valence-electron chi connectivity index (χ4n) is 8.21. The van der Waals surface area contributed by atoms with Gasteiger partial charge < -0.3 is 5.32 Å². The van der Waals surface area contributed by atoms with Crippen molar-refractivity contribution in [3.8, 4) is 34.2 Å². The van der Waals surface area contributed by atoms with Gasteiger partial charge in [-0.1, -0.05) is 128 Å². The zero-order valence-electron chi connectivity index (χ0n) is 29.0. The van der Waals surface area contributed by atoms with Gasteiger partial charge in [-0.25, -0.2) is 15.0 Å². The third-order valence-electron chi connectivity index (χ3n) is 11.0. The highest BCUT2D eigenvalue weighted by Gasteiger charge is 2.28. The molecule has 3 aliphatic carbocycles. The molecular weight excluding hydrogens is 633 g/mol. The molecule has 0 saturated carbocycles. The number of aromatic nitrogens is 3. The van der Waals surface area contributed by atoms with Crippen molar-refractivity contribution in [3.05, 3.63) is 174 Å². The number of fused-ring (bicyclic) bond motifs is 7. The van der Waals surface area contributed by atoms with E-state index in [9.17, 15) is 0 Å². The number of hydrogen-bond acceptors (Lipinski definition) is 4. The van der Waals surface area contributed by atoms with E-state index in [2.05, 4.69) is 165 Å². The molecule has 2 heterocycles. The van der Waals surface area contributed by atoms with Crippen molar-refractivity contribution in [2.45, 2.75) is 31.7 Å². The van der Waals surface area contributed by atoms with Gasteiger partial charge in [0.25, 0.3) is 0 Å². The summed E-state index contributed by atoms with van der Waals surface area (Å²) in [6.45, 7) is 6.65. The fourth-order valence-corrected chi connectivity index (χ4v) is 8.21. The largest absolute Gasteiger partial charge is 0.378 e. The Hall–Kier alpha value is -6.39. The minimum Gasteiger partial charge on any atom is -0.378 e. The van der Waals surface area contributed by atoms with Crippen LogP contribution < -0.4 is 5.32 Å². The molecule has 1 atom stereocenters. The lowest BCUT2D eigenvalue weighted by atomic mass is 9.81. The average Bonchev–Trinajstić information content (AvgIpc) is 3.20. The third kappa shape index (κ3) is 4.94. The van der Waals surface area contributed by atoms with E-state index in [0.717, 1.165) is 63.4 Å². The standard InChI is InChI=1S/C48H36N4/c1-30-12-11-14-34-28-43(40-19-7-8-20-41(40)44(30)34)47-51-45(32-23-21-31(22-24-32)35-26-36-15-9-10-25-48(36,2)49-29-35)50-46(52-47)42-27-33-13-3-4-16-37(33)38-17-5-6-18-39(38)42/h3-6,8-11,13-18,20-29,49H,1,7,12,19H2,2H3. The first-order chi connectivity index (χ1) is 25.5. The summed E-state index contributed by atoms with van der Waals surface area (Å²) >= 11 is 0. The lowest BCUT2D eigenvalue weighted by Gasteiger charge is -2.34. The van der Waals surface area contributed by atoms with E-state index < -0.39 is 0 Å². The molecule has 4 heteroatoms. The van der Waals surface area contributed by atoms with Crippen LogP contribution >= 0.6 is 0 Å². The molecule has 0 fully saturated rings. The van der Waals surface area contributed by atoms with Crippen molar-refractivity contribution in [3.63, 3.8) is 0 Å². The Labute approximate surface area is 303 Å². The molecule has 1 aliphatic heterocycles. The van der Waals surface area contributed by atoms with Gasteiger partial charge in [0.2, 0.25) is 0 Å². The second-order valence-electron chi connectivity index (χ2n) is 14.3. The van der Waals surface area contributed by atoms with Crippen molar-refractivity contribution in [1.82, 2.24) is 20.3 Å². The van der Waals surface area contributed by atoms with Crippen molar-refractivity contribution < 1.29 is 0 Å². The third-order valence-corrected chi connectivity index (χ3v) is 11.0. The summed E-state index contributed by atoms with van der Waals surface area (Å²) in [5, 5.41) is 8.29. The molecular formula is C48H36N4. The van der Waals surface area contributed by atoms with Crippen LogP contribution in [0.1, 0.15) is 47.6 Å². The normalized spacial score (nSPS) is 18.4. The number of dihydropyridines is 1. The Bertz CT molecular complexity index is 2700. The van der Waals surface area contributed by atoms with Crippen LogP contribution in [-0.4, -0.2) is 20.5 Å². The lowest BCUT2D eigenvalue weighted by Crippen LogP contribution is -2.41. The summed E-state index contributed by atoms with van der Waals surface area (Å²) in [6.07, 6.45) is 24.7. The highest BCUT2D eigenvalue weighted by Crippen LogP contribution is 2.42. The second kappa shape index (κ2) is 11.9. The molecule has 10 rings (SSSR count). The summed E-state index contributed by atoms with van der Waals surface area (Å²) in [5.41, 5.74) is 12.5. The van der Waals surface area contributed by atoms with Crippen LogP contribution in [0.25, 0.3) is 79.0 Å². The Kier molecular flexibility index (Phi) is 6.94. The number of nitrogens with one attached hydrogen (secondary N) is 1. The lowest BCUT2D eigenvalue weighted by molar-refractivity contribution is 0.586. The van der Waals surface area contributed by atoms with E-state index >= 15 is 0 Å². The van der Waals surface area contributed by atoms with Crippen LogP contribution in [-0.2, 0) is 6.42 Å². The van der Waals surface area contributed by atoms with Crippen molar-refractivity contribution in [2.75, 3.05) is 0 Å². The van der Waals surface area contributed by atoms with Gasteiger partial charge in [-0.15, -0.1) is 0 Å². The summed E-state index contributed by atoms with van der Waals surface area (Å²) in [4.78, 5) is 15.9. The van der Waals surface area contributed by atoms with Gasteiger partial charge in [0.15, 0.2) is 17.5 Å². The van der Waals surface area contributed by atoms with Gasteiger partial charge in [-0.05, 0) is 110 Å².